The predicted octanol–water partition coefficient (Wildman–Crippen LogP) is 3.80. The SMILES string of the molecule is Cc1ccsc1CN(C)CC(=O)Nc1ccccc1C(=O)NC1CCCC1. The number of aryl methyl sites for hydroxylation is 1. The number of thiophene rings is 1. The van der Waals surface area contributed by atoms with Crippen LogP contribution in [0.4, 0.5) is 5.69 Å². The van der Waals surface area contributed by atoms with Gasteiger partial charge < -0.3 is 10.6 Å². The number of likely N-dealkylation sites (N-methyl/N-ethyl adjacent to an activating group) is 1. The molecule has 0 aliphatic heterocycles. The Morgan fingerprint density at radius 2 is 1.93 bits per heavy atom. The van der Waals surface area contributed by atoms with Gasteiger partial charge in [0.15, 0.2) is 0 Å². The summed E-state index contributed by atoms with van der Waals surface area (Å²) in [7, 11) is 1.93. The van der Waals surface area contributed by atoms with Crippen LogP contribution in [0, 0.1) is 6.92 Å². The number of carbonyl (C=O) groups excluding carboxylic acids is 2. The van der Waals surface area contributed by atoms with Crippen molar-refractivity contribution < 1.29 is 9.59 Å². The summed E-state index contributed by atoms with van der Waals surface area (Å²) >= 11 is 1.70. The highest BCUT2D eigenvalue weighted by molar-refractivity contribution is 7.10. The van der Waals surface area contributed by atoms with Gasteiger partial charge in [0.25, 0.3) is 5.91 Å². The van der Waals surface area contributed by atoms with Gasteiger partial charge in [-0.3, -0.25) is 14.5 Å². The van der Waals surface area contributed by atoms with Gasteiger partial charge in [0.05, 0.1) is 17.8 Å². The lowest BCUT2D eigenvalue weighted by molar-refractivity contribution is -0.117. The van der Waals surface area contributed by atoms with E-state index in [2.05, 4.69) is 29.0 Å². The first-order valence-corrected chi connectivity index (χ1v) is 10.3. The standard InChI is InChI=1S/C21H27N3O2S/c1-15-11-12-27-19(15)13-24(2)14-20(25)23-18-10-6-5-9-17(18)21(26)22-16-7-3-4-8-16/h5-6,9-12,16H,3-4,7-8,13-14H2,1-2H3,(H,22,26)(H,23,25). The Hall–Kier alpha value is -2.18. The van der Waals surface area contributed by atoms with Crippen molar-refractivity contribution in [2.75, 3.05) is 18.9 Å². The second-order valence-electron chi connectivity index (χ2n) is 7.25. The number of benzene rings is 1. The van der Waals surface area contributed by atoms with Crippen molar-refractivity contribution in [3.05, 3.63) is 51.7 Å². The molecule has 0 spiro atoms. The molecular formula is C21H27N3O2S. The van der Waals surface area contributed by atoms with Crippen LogP contribution in [0.15, 0.2) is 35.7 Å². The molecule has 2 aromatic rings. The van der Waals surface area contributed by atoms with Crippen LogP contribution in [-0.2, 0) is 11.3 Å². The Labute approximate surface area is 164 Å². The Morgan fingerprint density at radius 3 is 2.63 bits per heavy atom. The molecule has 0 bridgehead atoms. The monoisotopic (exact) mass is 385 g/mol. The lowest BCUT2D eigenvalue weighted by Gasteiger charge is -2.18. The molecule has 27 heavy (non-hydrogen) atoms. The van der Waals surface area contributed by atoms with Crippen molar-refractivity contribution in [1.29, 1.82) is 0 Å². The molecule has 0 atom stereocenters. The molecule has 3 rings (SSSR count). The van der Waals surface area contributed by atoms with Crippen molar-refractivity contribution in [2.45, 2.75) is 45.2 Å². The van der Waals surface area contributed by atoms with Crippen LogP contribution >= 0.6 is 11.3 Å². The quantitative estimate of drug-likeness (QED) is 0.762. The van der Waals surface area contributed by atoms with E-state index in [9.17, 15) is 9.59 Å². The number of anilines is 1. The number of amides is 2. The fourth-order valence-corrected chi connectivity index (χ4v) is 4.41. The summed E-state index contributed by atoms with van der Waals surface area (Å²) in [6.07, 6.45) is 4.40. The van der Waals surface area contributed by atoms with Crippen molar-refractivity contribution in [3.8, 4) is 0 Å². The molecule has 6 heteroatoms. The van der Waals surface area contributed by atoms with E-state index in [1.165, 1.54) is 23.3 Å². The molecule has 1 aromatic heterocycles. The summed E-state index contributed by atoms with van der Waals surface area (Å²) in [5.41, 5.74) is 2.34. The van der Waals surface area contributed by atoms with Gasteiger partial charge in [-0.25, -0.2) is 0 Å². The van der Waals surface area contributed by atoms with E-state index in [1.807, 2.05) is 24.1 Å². The third-order valence-corrected chi connectivity index (χ3v) is 5.94. The lowest BCUT2D eigenvalue weighted by Crippen LogP contribution is -2.34. The normalized spacial score (nSPS) is 14.5. The van der Waals surface area contributed by atoms with E-state index in [0.29, 0.717) is 11.3 Å². The maximum absolute atomic E-state index is 12.6. The highest BCUT2D eigenvalue weighted by atomic mass is 32.1. The van der Waals surface area contributed by atoms with Crippen molar-refractivity contribution in [2.24, 2.45) is 0 Å². The van der Waals surface area contributed by atoms with Gasteiger partial charge in [-0.1, -0.05) is 25.0 Å². The Morgan fingerprint density at radius 1 is 1.19 bits per heavy atom. The maximum Gasteiger partial charge on any atom is 0.253 e. The average Bonchev–Trinajstić information content (AvgIpc) is 3.27. The molecule has 2 amide bonds. The van der Waals surface area contributed by atoms with Crippen molar-refractivity contribution in [1.82, 2.24) is 10.2 Å². The van der Waals surface area contributed by atoms with E-state index in [4.69, 9.17) is 0 Å². The number of hydrogen-bond acceptors (Lipinski definition) is 4. The number of nitrogens with zero attached hydrogens (tertiary/aromatic N) is 1. The number of para-hydroxylation sites is 1. The second-order valence-corrected chi connectivity index (χ2v) is 8.25. The summed E-state index contributed by atoms with van der Waals surface area (Å²) in [6, 6.07) is 9.55. The largest absolute Gasteiger partial charge is 0.349 e. The maximum atomic E-state index is 12.6. The lowest BCUT2D eigenvalue weighted by atomic mass is 10.1. The smallest absolute Gasteiger partial charge is 0.253 e. The number of hydrogen-bond donors (Lipinski definition) is 2. The predicted molar refractivity (Wildman–Crippen MR) is 110 cm³/mol. The van der Waals surface area contributed by atoms with Crippen LogP contribution in [0.25, 0.3) is 0 Å². The molecule has 1 fully saturated rings. The van der Waals surface area contributed by atoms with Crippen molar-refractivity contribution in [3.63, 3.8) is 0 Å². The zero-order chi connectivity index (χ0) is 19.2. The molecule has 1 saturated carbocycles. The minimum atomic E-state index is -0.118. The summed E-state index contributed by atoms with van der Waals surface area (Å²) in [4.78, 5) is 28.3. The molecule has 1 aliphatic carbocycles. The van der Waals surface area contributed by atoms with E-state index in [1.54, 1.807) is 23.5 Å². The summed E-state index contributed by atoms with van der Waals surface area (Å²) in [5, 5.41) is 8.06. The summed E-state index contributed by atoms with van der Waals surface area (Å²) in [6.45, 7) is 3.09. The van der Waals surface area contributed by atoms with Gasteiger partial charge in [0, 0.05) is 17.5 Å². The van der Waals surface area contributed by atoms with E-state index in [-0.39, 0.29) is 24.4 Å². The van der Waals surface area contributed by atoms with Gasteiger partial charge in [-0.15, -0.1) is 11.3 Å². The number of rotatable bonds is 7. The van der Waals surface area contributed by atoms with Crippen LogP contribution < -0.4 is 10.6 Å². The fourth-order valence-electron chi connectivity index (χ4n) is 3.43. The third-order valence-electron chi connectivity index (χ3n) is 4.93. The van der Waals surface area contributed by atoms with Gasteiger partial charge in [-0.2, -0.15) is 0 Å². The summed E-state index contributed by atoms with van der Waals surface area (Å²) < 4.78 is 0. The van der Waals surface area contributed by atoms with Crippen molar-refractivity contribution >= 4 is 28.8 Å². The summed E-state index contributed by atoms with van der Waals surface area (Å²) in [5.74, 6) is -0.229. The van der Waals surface area contributed by atoms with Crippen LogP contribution in [0.5, 0.6) is 0 Å². The molecule has 1 aromatic carbocycles. The van der Waals surface area contributed by atoms with Crippen LogP contribution in [0.2, 0.25) is 0 Å². The minimum Gasteiger partial charge on any atom is -0.349 e. The fraction of sp³-hybridized carbons (Fsp3) is 0.429. The third kappa shape index (κ3) is 5.40. The molecular weight excluding hydrogens is 358 g/mol. The van der Waals surface area contributed by atoms with Crippen LogP contribution in [0.3, 0.4) is 0 Å². The molecule has 0 radical (unpaired) electrons. The van der Waals surface area contributed by atoms with Gasteiger partial charge >= 0.3 is 0 Å². The Bertz CT molecular complexity index is 796. The van der Waals surface area contributed by atoms with Crippen LogP contribution in [-0.4, -0.2) is 36.3 Å². The highest BCUT2D eigenvalue weighted by Gasteiger charge is 2.20. The molecule has 1 aliphatic rings. The van der Waals surface area contributed by atoms with Gasteiger partial charge in [0.1, 0.15) is 0 Å². The highest BCUT2D eigenvalue weighted by Crippen LogP contribution is 2.21. The molecule has 0 unspecified atom stereocenters. The number of carbonyl (C=O) groups is 2. The second kappa shape index (κ2) is 9.15. The molecule has 2 N–H and O–H groups in total. The first-order chi connectivity index (χ1) is 13.0. The number of nitrogens with one attached hydrogen (secondary N) is 2. The zero-order valence-corrected chi connectivity index (χ0v) is 16.8. The van der Waals surface area contributed by atoms with Gasteiger partial charge in [-0.05, 0) is 56.0 Å². The topological polar surface area (TPSA) is 61.4 Å². The molecule has 5 nitrogen and oxygen atoms in total. The Kier molecular flexibility index (Phi) is 6.63. The zero-order valence-electron chi connectivity index (χ0n) is 16.0. The molecule has 1 heterocycles. The van der Waals surface area contributed by atoms with E-state index < -0.39 is 0 Å². The minimum absolute atomic E-state index is 0.111. The van der Waals surface area contributed by atoms with E-state index >= 15 is 0 Å². The average molecular weight is 386 g/mol. The first kappa shape index (κ1) is 19.6. The van der Waals surface area contributed by atoms with E-state index in [0.717, 1.165) is 19.4 Å². The molecule has 144 valence electrons. The van der Waals surface area contributed by atoms with Gasteiger partial charge in [0.2, 0.25) is 5.91 Å². The first-order valence-electron chi connectivity index (χ1n) is 9.44. The van der Waals surface area contributed by atoms with Crippen LogP contribution in [0.1, 0.15) is 46.5 Å². The molecule has 0 saturated heterocycles. The Balaban J connectivity index is 1.58.